The molecule has 1 N–H and O–H groups in total. The Kier molecular flexibility index (Phi) is 3.73. The van der Waals surface area contributed by atoms with E-state index in [9.17, 15) is 10.1 Å². The molecule has 5 nitrogen and oxygen atoms in total. The Hall–Kier alpha value is -2.56. The molecule has 3 rings (SSSR count). The van der Waals surface area contributed by atoms with Crippen molar-refractivity contribution in [1.29, 1.82) is 0 Å². The van der Waals surface area contributed by atoms with Gasteiger partial charge in [0.25, 0.3) is 5.69 Å². The van der Waals surface area contributed by atoms with Crippen molar-refractivity contribution < 1.29 is 4.92 Å². The standard InChI is InChI=1S/C16H17N3O2/c20-19(21)14-8-6-13(7-9-14)12-18-11-3-10-17-15-4-1-2-5-16(15)18/h1-2,4-9,17H,3,10-12H2. The van der Waals surface area contributed by atoms with Crippen molar-refractivity contribution in [3.05, 3.63) is 64.2 Å². The van der Waals surface area contributed by atoms with Crippen LogP contribution in [0.2, 0.25) is 0 Å². The van der Waals surface area contributed by atoms with Crippen LogP contribution >= 0.6 is 0 Å². The lowest BCUT2D eigenvalue weighted by molar-refractivity contribution is -0.384. The molecule has 2 aromatic carbocycles. The molecule has 0 saturated carbocycles. The van der Waals surface area contributed by atoms with Gasteiger partial charge in [0, 0.05) is 31.8 Å². The molecule has 0 fully saturated rings. The first-order valence-corrected chi connectivity index (χ1v) is 7.05. The number of rotatable bonds is 3. The quantitative estimate of drug-likeness (QED) is 0.692. The lowest BCUT2D eigenvalue weighted by Crippen LogP contribution is -2.23. The fourth-order valence-corrected chi connectivity index (χ4v) is 2.62. The summed E-state index contributed by atoms with van der Waals surface area (Å²) in [6, 6.07) is 15.1. The molecule has 0 saturated heterocycles. The van der Waals surface area contributed by atoms with Crippen molar-refractivity contribution in [3.63, 3.8) is 0 Å². The molecule has 0 amide bonds. The monoisotopic (exact) mass is 283 g/mol. The minimum absolute atomic E-state index is 0.136. The van der Waals surface area contributed by atoms with E-state index < -0.39 is 0 Å². The Labute approximate surface area is 123 Å². The van der Waals surface area contributed by atoms with E-state index in [4.69, 9.17) is 0 Å². The highest BCUT2D eigenvalue weighted by atomic mass is 16.6. The summed E-state index contributed by atoms with van der Waals surface area (Å²) >= 11 is 0. The number of nitrogens with zero attached hydrogens (tertiary/aromatic N) is 2. The third-order valence-electron chi connectivity index (χ3n) is 3.69. The maximum Gasteiger partial charge on any atom is 0.269 e. The Morgan fingerprint density at radius 3 is 2.67 bits per heavy atom. The van der Waals surface area contributed by atoms with Crippen LogP contribution in [0.1, 0.15) is 12.0 Å². The summed E-state index contributed by atoms with van der Waals surface area (Å²) in [6.45, 7) is 2.70. The predicted octanol–water partition coefficient (Wildman–Crippen LogP) is 3.42. The highest BCUT2D eigenvalue weighted by Crippen LogP contribution is 2.29. The molecular weight excluding hydrogens is 266 g/mol. The molecule has 0 radical (unpaired) electrons. The van der Waals surface area contributed by atoms with Crippen molar-refractivity contribution in [1.82, 2.24) is 0 Å². The van der Waals surface area contributed by atoms with Gasteiger partial charge in [-0.05, 0) is 24.1 Å². The molecule has 0 aromatic heterocycles. The topological polar surface area (TPSA) is 58.4 Å². The van der Waals surface area contributed by atoms with Gasteiger partial charge in [-0.2, -0.15) is 0 Å². The first-order chi connectivity index (χ1) is 10.2. The van der Waals surface area contributed by atoms with E-state index in [2.05, 4.69) is 22.3 Å². The fourth-order valence-electron chi connectivity index (χ4n) is 2.62. The smallest absolute Gasteiger partial charge is 0.269 e. The number of non-ortho nitro benzene ring substituents is 1. The zero-order valence-electron chi connectivity index (χ0n) is 11.7. The number of para-hydroxylation sites is 2. The van der Waals surface area contributed by atoms with Gasteiger partial charge in [-0.3, -0.25) is 10.1 Å². The van der Waals surface area contributed by atoms with E-state index in [-0.39, 0.29) is 10.6 Å². The number of anilines is 2. The summed E-state index contributed by atoms with van der Waals surface area (Å²) in [5.41, 5.74) is 3.55. The molecule has 0 bridgehead atoms. The maximum atomic E-state index is 10.7. The normalized spacial score (nSPS) is 14.0. The molecule has 0 unspecified atom stereocenters. The summed E-state index contributed by atoms with van der Waals surface area (Å²) in [4.78, 5) is 12.6. The summed E-state index contributed by atoms with van der Waals surface area (Å²) in [5, 5.41) is 14.1. The van der Waals surface area contributed by atoms with E-state index in [0.29, 0.717) is 0 Å². The number of hydrogen-bond acceptors (Lipinski definition) is 4. The lowest BCUT2D eigenvalue weighted by atomic mass is 10.1. The number of benzene rings is 2. The van der Waals surface area contributed by atoms with Crippen LogP contribution < -0.4 is 10.2 Å². The minimum Gasteiger partial charge on any atom is -0.383 e. The van der Waals surface area contributed by atoms with E-state index >= 15 is 0 Å². The van der Waals surface area contributed by atoms with Crippen LogP contribution in [-0.2, 0) is 6.54 Å². The van der Waals surface area contributed by atoms with E-state index in [0.717, 1.165) is 37.3 Å². The first-order valence-electron chi connectivity index (χ1n) is 7.05. The second-order valence-corrected chi connectivity index (χ2v) is 5.14. The van der Waals surface area contributed by atoms with Crippen molar-refractivity contribution in [2.45, 2.75) is 13.0 Å². The SMILES string of the molecule is O=[N+]([O-])c1ccc(CN2CCCNc3ccccc32)cc1. The van der Waals surface area contributed by atoms with Gasteiger partial charge >= 0.3 is 0 Å². The Morgan fingerprint density at radius 2 is 1.90 bits per heavy atom. The molecule has 0 atom stereocenters. The average Bonchev–Trinajstić information content (AvgIpc) is 2.71. The Morgan fingerprint density at radius 1 is 1.14 bits per heavy atom. The van der Waals surface area contributed by atoms with Gasteiger partial charge in [0.2, 0.25) is 0 Å². The molecule has 5 heteroatoms. The minimum atomic E-state index is -0.366. The third kappa shape index (κ3) is 2.97. The van der Waals surface area contributed by atoms with E-state index in [1.165, 1.54) is 5.69 Å². The molecule has 1 aliphatic heterocycles. The molecule has 108 valence electrons. The molecule has 0 aliphatic carbocycles. The number of nitro benzene ring substituents is 1. The number of fused-ring (bicyclic) bond motifs is 1. The van der Waals surface area contributed by atoms with Gasteiger partial charge in [-0.1, -0.05) is 24.3 Å². The largest absolute Gasteiger partial charge is 0.383 e. The second kappa shape index (κ2) is 5.83. The van der Waals surface area contributed by atoms with Crippen LogP contribution in [0.25, 0.3) is 0 Å². The summed E-state index contributed by atoms with van der Waals surface area (Å²) in [5.74, 6) is 0. The van der Waals surface area contributed by atoms with Gasteiger partial charge in [0.15, 0.2) is 0 Å². The molecule has 0 spiro atoms. The van der Waals surface area contributed by atoms with Gasteiger partial charge in [0.1, 0.15) is 0 Å². The molecule has 21 heavy (non-hydrogen) atoms. The number of nitrogens with one attached hydrogen (secondary N) is 1. The average molecular weight is 283 g/mol. The fraction of sp³-hybridized carbons (Fsp3) is 0.250. The van der Waals surface area contributed by atoms with Gasteiger partial charge in [0.05, 0.1) is 16.3 Å². The van der Waals surface area contributed by atoms with E-state index in [1.54, 1.807) is 12.1 Å². The molecular formula is C16H17N3O2. The maximum absolute atomic E-state index is 10.7. The zero-order chi connectivity index (χ0) is 14.7. The highest BCUT2D eigenvalue weighted by molar-refractivity contribution is 5.70. The number of nitro groups is 1. The lowest BCUT2D eigenvalue weighted by Gasteiger charge is -2.24. The summed E-state index contributed by atoms with van der Waals surface area (Å²) in [6.07, 6.45) is 1.07. The molecule has 1 aliphatic rings. The van der Waals surface area contributed by atoms with Gasteiger partial charge in [-0.15, -0.1) is 0 Å². The van der Waals surface area contributed by atoms with Crippen LogP contribution in [0.15, 0.2) is 48.5 Å². The molecule has 2 aromatic rings. The Balaban J connectivity index is 1.82. The zero-order valence-corrected chi connectivity index (χ0v) is 11.7. The van der Waals surface area contributed by atoms with Crippen molar-refractivity contribution >= 4 is 17.1 Å². The second-order valence-electron chi connectivity index (χ2n) is 5.14. The number of hydrogen-bond donors (Lipinski definition) is 1. The third-order valence-corrected chi connectivity index (χ3v) is 3.69. The van der Waals surface area contributed by atoms with Crippen molar-refractivity contribution in [3.8, 4) is 0 Å². The van der Waals surface area contributed by atoms with E-state index in [1.807, 2.05) is 24.3 Å². The van der Waals surface area contributed by atoms with Gasteiger partial charge < -0.3 is 10.2 Å². The molecule has 1 heterocycles. The van der Waals surface area contributed by atoms with Crippen LogP contribution in [0.3, 0.4) is 0 Å². The summed E-state index contributed by atoms with van der Waals surface area (Å²) in [7, 11) is 0. The van der Waals surface area contributed by atoms with Crippen molar-refractivity contribution in [2.75, 3.05) is 23.3 Å². The van der Waals surface area contributed by atoms with Gasteiger partial charge in [-0.25, -0.2) is 0 Å². The van der Waals surface area contributed by atoms with Crippen LogP contribution in [0.4, 0.5) is 17.1 Å². The van der Waals surface area contributed by atoms with Crippen LogP contribution in [-0.4, -0.2) is 18.0 Å². The van der Waals surface area contributed by atoms with Crippen molar-refractivity contribution in [2.24, 2.45) is 0 Å². The van der Waals surface area contributed by atoms with Crippen LogP contribution in [0, 0.1) is 10.1 Å². The summed E-state index contributed by atoms with van der Waals surface area (Å²) < 4.78 is 0. The van der Waals surface area contributed by atoms with Crippen LogP contribution in [0.5, 0.6) is 0 Å². The highest BCUT2D eigenvalue weighted by Gasteiger charge is 2.15. The predicted molar refractivity (Wildman–Crippen MR) is 83.7 cm³/mol. The first kappa shape index (κ1) is 13.4. The Bertz CT molecular complexity index is 640.